The van der Waals surface area contributed by atoms with Crippen LogP contribution >= 0.6 is 15.9 Å². The molecule has 1 amide bonds. The first-order chi connectivity index (χ1) is 16.1. The van der Waals surface area contributed by atoms with Crippen LogP contribution in [0.15, 0.2) is 59.9 Å². The number of benzene rings is 1. The third-order valence-electron chi connectivity index (χ3n) is 5.14. The lowest BCUT2D eigenvalue weighted by molar-refractivity contribution is -0.140. The van der Waals surface area contributed by atoms with Gasteiger partial charge in [-0.2, -0.15) is 23.4 Å². The van der Waals surface area contributed by atoms with Crippen molar-refractivity contribution >= 4 is 32.9 Å². The van der Waals surface area contributed by atoms with E-state index in [1.807, 2.05) is 0 Å². The van der Waals surface area contributed by atoms with Gasteiger partial charge in [0.1, 0.15) is 0 Å². The molecule has 4 aromatic heterocycles. The van der Waals surface area contributed by atoms with E-state index in [-0.39, 0.29) is 28.0 Å². The van der Waals surface area contributed by atoms with Gasteiger partial charge in [0.15, 0.2) is 11.3 Å². The molecule has 0 radical (unpaired) electrons. The van der Waals surface area contributed by atoms with Gasteiger partial charge in [0.2, 0.25) is 5.91 Å². The van der Waals surface area contributed by atoms with Gasteiger partial charge >= 0.3 is 6.18 Å². The maximum Gasteiger partial charge on any atom is 0.435 e. The van der Waals surface area contributed by atoms with Crippen molar-refractivity contribution in [2.24, 2.45) is 12.8 Å². The van der Waals surface area contributed by atoms with Crippen molar-refractivity contribution in [3.63, 3.8) is 0 Å². The number of carbonyl (C=O) groups is 1. The molecule has 0 bridgehead atoms. The van der Waals surface area contributed by atoms with Gasteiger partial charge in [-0.05, 0) is 40.2 Å². The second kappa shape index (κ2) is 7.80. The predicted octanol–water partition coefficient (Wildman–Crippen LogP) is 3.89. The maximum absolute atomic E-state index is 14.1. The summed E-state index contributed by atoms with van der Waals surface area (Å²) in [6.07, 6.45) is 3.04. The molecule has 5 rings (SSSR count). The highest BCUT2D eigenvalue weighted by atomic mass is 79.9. The minimum atomic E-state index is -4.76. The van der Waals surface area contributed by atoms with Crippen LogP contribution in [-0.4, -0.2) is 40.0 Å². The number of imidazole rings is 1. The van der Waals surface area contributed by atoms with Crippen molar-refractivity contribution < 1.29 is 18.0 Å². The fraction of sp³-hybridized carbons (Fsp3) is 0.0952. The Balaban J connectivity index is 1.73. The molecule has 2 N–H and O–H groups in total. The fourth-order valence-electron chi connectivity index (χ4n) is 3.60. The van der Waals surface area contributed by atoms with Crippen LogP contribution in [0, 0.1) is 0 Å². The molecule has 172 valence electrons. The molecule has 1 aromatic carbocycles. The summed E-state index contributed by atoms with van der Waals surface area (Å²) < 4.78 is 46.7. The molecule has 0 saturated heterocycles. The molecule has 0 aliphatic heterocycles. The second-order valence-corrected chi connectivity index (χ2v) is 8.24. The van der Waals surface area contributed by atoms with E-state index in [1.54, 1.807) is 30.3 Å². The number of fused-ring (bicyclic) bond motifs is 1. The highest BCUT2D eigenvalue weighted by Crippen LogP contribution is 2.38. The third kappa shape index (κ3) is 3.63. The average Bonchev–Trinajstić information content (AvgIpc) is 3.51. The summed E-state index contributed by atoms with van der Waals surface area (Å²) in [6, 6.07) is 5.73. The molecule has 0 spiro atoms. The van der Waals surface area contributed by atoms with E-state index in [4.69, 9.17) is 5.73 Å². The lowest BCUT2D eigenvalue weighted by Crippen LogP contribution is -2.11. The zero-order chi connectivity index (χ0) is 24.2. The second-order valence-electron chi connectivity index (χ2n) is 7.39. The molecule has 0 saturated carbocycles. The molecular formula is C21H14BrF3N8O. The summed E-state index contributed by atoms with van der Waals surface area (Å²) in [6.45, 7) is 0. The topological polar surface area (TPSA) is 109 Å². The Kier molecular flexibility index (Phi) is 5.01. The highest BCUT2D eigenvalue weighted by Gasteiger charge is 2.39. The lowest BCUT2D eigenvalue weighted by Gasteiger charge is -2.08. The number of amides is 1. The van der Waals surface area contributed by atoms with Crippen molar-refractivity contribution in [3.05, 3.63) is 71.1 Å². The van der Waals surface area contributed by atoms with Crippen LogP contribution in [0.1, 0.15) is 16.1 Å². The van der Waals surface area contributed by atoms with Gasteiger partial charge in [-0.1, -0.05) is 0 Å². The Morgan fingerprint density at radius 2 is 1.91 bits per heavy atom. The lowest BCUT2D eigenvalue weighted by atomic mass is 10.2. The monoisotopic (exact) mass is 530 g/mol. The zero-order valence-corrected chi connectivity index (χ0v) is 18.9. The van der Waals surface area contributed by atoms with E-state index in [1.165, 1.54) is 41.4 Å². The number of alkyl halides is 3. The number of carbonyl (C=O) groups excluding carboxylic acids is 1. The first-order valence-corrected chi connectivity index (χ1v) is 10.5. The first-order valence-electron chi connectivity index (χ1n) is 9.71. The number of halogens is 4. The van der Waals surface area contributed by atoms with Gasteiger partial charge in [0, 0.05) is 41.2 Å². The Hall–Kier alpha value is -4.00. The Morgan fingerprint density at radius 1 is 1.12 bits per heavy atom. The molecule has 34 heavy (non-hydrogen) atoms. The molecule has 9 nitrogen and oxygen atoms in total. The van der Waals surface area contributed by atoms with Crippen molar-refractivity contribution in [1.29, 1.82) is 0 Å². The number of hydrogen-bond acceptors (Lipinski definition) is 5. The van der Waals surface area contributed by atoms with Gasteiger partial charge in [0.25, 0.3) is 0 Å². The van der Waals surface area contributed by atoms with E-state index in [0.717, 1.165) is 10.2 Å². The number of primary amides is 1. The predicted molar refractivity (Wildman–Crippen MR) is 119 cm³/mol. The third-order valence-corrected chi connectivity index (χ3v) is 5.77. The van der Waals surface area contributed by atoms with Gasteiger partial charge in [0.05, 0.1) is 35.0 Å². The van der Waals surface area contributed by atoms with Crippen LogP contribution in [0.4, 0.5) is 13.2 Å². The molecule has 5 aromatic rings. The Labute approximate surface area is 197 Å². The molecular weight excluding hydrogens is 517 g/mol. The minimum absolute atomic E-state index is 0.0195. The van der Waals surface area contributed by atoms with E-state index in [9.17, 15) is 18.0 Å². The molecule has 0 fully saturated rings. The van der Waals surface area contributed by atoms with E-state index in [2.05, 4.69) is 36.1 Å². The number of hydrogen-bond donors (Lipinski definition) is 1. The molecule has 13 heteroatoms. The van der Waals surface area contributed by atoms with Gasteiger partial charge < -0.3 is 10.3 Å². The number of nitrogens with two attached hydrogens (primary N) is 1. The normalized spacial score (nSPS) is 11.9. The molecule has 0 atom stereocenters. The van der Waals surface area contributed by atoms with E-state index >= 15 is 0 Å². The van der Waals surface area contributed by atoms with Crippen LogP contribution in [0.5, 0.6) is 0 Å². The maximum atomic E-state index is 14.1. The van der Waals surface area contributed by atoms with Crippen molar-refractivity contribution in [2.75, 3.05) is 0 Å². The first kappa shape index (κ1) is 21.8. The molecule has 0 unspecified atom stereocenters. The standard InChI is InChI=1S/C21H14BrF3N8O/c1-31-8-12(7-29-31)14-9-32(10-28-14)16-4-5-27-20-17(16)18(21(23,24)25)30-33(20)15-3-2-11(19(26)34)6-13(15)22/h2-10H,1H3,(H2,26,34). The minimum Gasteiger partial charge on any atom is -0.366 e. The van der Waals surface area contributed by atoms with Crippen molar-refractivity contribution in [2.45, 2.75) is 6.18 Å². The number of nitrogens with zero attached hydrogens (tertiary/aromatic N) is 7. The molecule has 4 heterocycles. The molecule has 0 aliphatic rings. The fourth-order valence-corrected chi connectivity index (χ4v) is 4.14. The van der Waals surface area contributed by atoms with Crippen LogP contribution in [0.25, 0.3) is 33.7 Å². The van der Waals surface area contributed by atoms with Gasteiger partial charge in [-0.25, -0.2) is 14.6 Å². The Morgan fingerprint density at radius 3 is 2.56 bits per heavy atom. The van der Waals surface area contributed by atoms with Crippen molar-refractivity contribution in [1.82, 2.24) is 34.1 Å². The Bertz CT molecular complexity index is 1570. The van der Waals surface area contributed by atoms with Crippen molar-refractivity contribution in [3.8, 4) is 22.6 Å². The zero-order valence-electron chi connectivity index (χ0n) is 17.3. The largest absolute Gasteiger partial charge is 0.435 e. The quantitative estimate of drug-likeness (QED) is 0.379. The number of aromatic nitrogens is 7. The number of aryl methyl sites for hydroxylation is 1. The highest BCUT2D eigenvalue weighted by molar-refractivity contribution is 9.10. The smallest absolute Gasteiger partial charge is 0.366 e. The molecule has 0 aliphatic carbocycles. The van der Waals surface area contributed by atoms with E-state index in [0.29, 0.717) is 10.2 Å². The van der Waals surface area contributed by atoms with Crippen LogP contribution in [-0.2, 0) is 13.2 Å². The number of rotatable bonds is 4. The van der Waals surface area contributed by atoms with Gasteiger partial charge in [-0.15, -0.1) is 0 Å². The summed E-state index contributed by atoms with van der Waals surface area (Å²) in [5, 5.41) is 7.75. The van der Waals surface area contributed by atoms with Crippen LogP contribution in [0.2, 0.25) is 0 Å². The average molecular weight is 531 g/mol. The SMILES string of the molecule is Cn1cc(-c2cn(-c3ccnc4c3c(C(F)(F)F)nn4-c3ccc(C(N)=O)cc3Br)cn2)cn1. The van der Waals surface area contributed by atoms with Gasteiger partial charge in [-0.3, -0.25) is 9.48 Å². The van der Waals surface area contributed by atoms with E-state index < -0.39 is 17.8 Å². The summed E-state index contributed by atoms with van der Waals surface area (Å²) >= 11 is 3.29. The van der Waals surface area contributed by atoms with Crippen LogP contribution < -0.4 is 5.73 Å². The summed E-state index contributed by atoms with van der Waals surface area (Å²) in [4.78, 5) is 20.0. The van der Waals surface area contributed by atoms with Crippen LogP contribution in [0.3, 0.4) is 0 Å². The summed E-state index contributed by atoms with van der Waals surface area (Å²) in [5.41, 5.74) is 6.10. The number of pyridine rings is 1. The summed E-state index contributed by atoms with van der Waals surface area (Å²) in [5.74, 6) is -0.668. The summed E-state index contributed by atoms with van der Waals surface area (Å²) in [7, 11) is 1.75.